The number of benzene rings is 1. The minimum atomic E-state index is -0.0373. The Balaban J connectivity index is 1.93. The van der Waals surface area contributed by atoms with Gasteiger partial charge in [0.15, 0.2) is 5.96 Å². The van der Waals surface area contributed by atoms with Gasteiger partial charge in [0.05, 0.1) is 18.2 Å². The molecule has 0 spiro atoms. The first-order valence-electron chi connectivity index (χ1n) is 7.53. The lowest BCUT2D eigenvalue weighted by molar-refractivity contribution is 0.0570. The van der Waals surface area contributed by atoms with Gasteiger partial charge in [-0.25, -0.2) is 0 Å². The first-order valence-corrected chi connectivity index (χ1v) is 8.29. The van der Waals surface area contributed by atoms with Gasteiger partial charge < -0.3 is 15.8 Å². The zero-order chi connectivity index (χ0) is 16.3. The molecule has 1 heterocycles. The highest BCUT2D eigenvalue weighted by atomic mass is 35.5. The molecule has 4 nitrogen and oxygen atoms in total. The molecule has 1 fully saturated rings. The van der Waals surface area contributed by atoms with Crippen LogP contribution < -0.4 is 11.1 Å². The highest BCUT2D eigenvalue weighted by Gasteiger charge is 2.29. The lowest BCUT2D eigenvalue weighted by atomic mass is 10.0. The van der Waals surface area contributed by atoms with Crippen LogP contribution in [0.5, 0.6) is 0 Å². The summed E-state index contributed by atoms with van der Waals surface area (Å²) in [6, 6.07) is 5.39. The number of nitrogens with two attached hydrogens (primary N) is 1. The Morgan fingerprint density at radius 2 is 2.18 bits per heavy atom. The topological polar surface area (TPSA) is 59.6 Å². The van der Waals surface area contributed by atoms with Gasteiger partial charge in [-0.3, -0.25) is 4.99 Å². The van der Waals surface area contributed by atoms with E-state index >= 15 is 0 Å². The van der Waals surface area contributed by atoms with Crippen LogP contribution in [0.4, 0.5) is 0 Å². The van der Waals surface area contributed by atoms with Gasteiger partial charge in [-0.2, -0.15) is 0 Å². The minimum absolute atomic E-state index is 0.0373. The molecule has 0 amide bonds. The second-order valence-corrected chi connectivity index (χ2v) is 6.75. The van der Waals surface area contributed by atoms with E-state index in [-0.39, 0.29) is 12.1 Å². The summed E-state index contributed by atoms with van der Waals surface area (Å²) in [4.78, 5) is 4.44. The number of nitrogens with zero attached hydrogens (tertiary/aromatic N) is 1. The molecule has 0 bridgehead atoms. The molecule has 0 aliphatic carbocycles. The van der Waals surface area contributed by atoms with Crippen molar-refractivity contribution in [1.29, 1.82) is 0 Å². The predicted octanol–water partition coefficient (Wildman–Crippen LogP) is 3.77. The van der Waals surface area contributed by atoms with Gasteiger partial charge in [0.1, 0.15) is 0 Å². The summed E-state index contributed by atoms with van der Waals surface area (Å²) in [6.45, 7) is 6.84. The van der Waals surface area contributed by atoms with E-state index in [0.717, 1.165) is 12.0 Å². The monoisotopic (exact) mass is 343 g/mol. The van der Waals surface area contributed by atoms with Crippen LogP contribution in [0.2, 0.25) is 10.0 Å². The zero-order valence-electron chi connectivity index (χ0n) is 13.1. The van der Waals surface area contributed by atoms with E-state index in [1.165, 1.54) is 0 Å². The van der Waals surface area contributed by atoms with Gasteiger partial charge in [0, 0.05) is 22.5 Å². The lowest BCUT2D eigenvalue weighted by Crippen LogP contribution is -2.34. The molecular weight excluding hydrogens is 321 g/mol. The summed E-state index contributed by atoms with van der Waals surface area (Å²) >= 11 is 12.1. The molecule has 0 radical (unpaired) electrons. The van der Waals surface area contributed by atoms with Crippen molar-refractivity contribution in [2.75, 3.05) is 6.54 Å². The van der Waals surface area contributed by atoms with Crippen LogP contribution in [0.3, 0.4) is 0 Å². The van der Waals surface area contributed by atoms with E-state index < -0.39 is 0 Å². The van der Waals surface area contributed by atoms with Crippen molar-refractivity contribution in [1.82, 2.24) is 5.32 Å². The van der Waals surface area contributed by atoms with Crippen molar-refractivity contribution in [2.24, 2.45) is 16.6 Å². The molecule has 22 heavy (non-hydrogen) atoms. The maximum Gasteiger partial charge on any atom is 0.189 e. The Kier molecular flexibility index (Phi) is 5.95. The van der Waals surface area contributed by atoms with Crippen LogP contribution in [0, 0.1) is 5.92 Å². The van der Waals surface area contributed by atoms with Crippen molar-refractivity contribution < 1.29 is 4.74 Å². The fraction of sp³-hybridized carbons (Fsp3) is 0.562. The molecule has 1 aromatic carbocycles. The lowest BCUT2D eigenvalue weighted by Gasteiger charge is -2.17. The third-order valence-electron chi connectivity index (χ3n) is 4.04. The molecular formula is C16H23Cl2N3O. The van der Waals surface area contributed by atoms with Crippen molar-refractivity contribution in [3.8, 4) is 0 Å². The van der Waals surface area contributed by atoms with E-state index in [0.29, 0.717) is 34.6 Å². The number of guanidine groups is 1. The molecule has 122 valence electrons. The molecule has 4 atom stereocenters. The normalized spacial score (nSPS) is 27.0. The predicted molar refractivity (Wildman–Crippen MR) is 92.6 cm³/mol. The SMILES string of the molecule is CC1CC(CN=C(N)NC(C)c2ccc(Cl)cc2Cl)C(C)O1. The minimum Gasteiger partial charge on any atom is -0.375 e. The molecule has 0 saturated carbocycles. The van der Waals surface area contributed by atoms with Crippen molar-refractivity contribution >= 4 is 29.2 Å². The van der Waals surface area contributed by atoms with Crippen molar-refractivity contribution in [3.63, 3.8) is 0 Å². The smallest absolute Gasteiger partial charge is 0.189 e. The largest absolute Gasteiger partial charge is 0.375 e. The standard InChI is InChI=1S/C16H23Cl2N3O/c1-9-6-12(11(3)22-9)8-20-16(19)21-10(2)14-5-4-13(17)7-15(14)18/h4-5,7,9-12H,6,8H2,1-3H3,(H3,19,20,21). The Bertz CT molecular complexity index is 550. The van der Waals surface area contributed by atoms with Crippen LogP contribution in [-0.2, 0) is 4.74 Å². The number of halogens is 2. The quantitative estimate of drug-likeness (QED) is 0.646. The van der Waals surface area contributed by atoms with E-state index in [1.807, 2.05) is 19.1 Å². The maximum absolute atomic E-state index is 6.20. The van der Waals surface area contributed by atoms with Gasteiger partial charge in [-0.15, -0.1) is 0 Å². The van der Waals surface area contributed by atoms with Crippen molar-refractivity contribution in [3.05, 3.63) is 33.8 Å². The number of hydrogen-bond acceptors (Lipinski definition) is 2. The third kappa shape index (κ3) is 4.51. The Morgan fingerprint density at radius 3 is 2.77 bits per heavy atom. The second kappa shape index (κ2) is 7.53. The van der Waals surface area contributed by atoms with E-state index in [9.17, 15) is 0 Å². The van der Waals surface area contributed by atoms with Crippen LogP contribution in [0.25, 0.3) is 0 Å². The molecule has 1 aromatic rings. The van der Waals surface area contributed by atoms with Crippen LogP contribution in [-0.4, -0.2) is 24.7 Å². The van der Waals surface area contributed by atoms with Gasteiger partial charge in [0.25, 0.3) is 0 Å². The van der Waals surface area contributed by atoms with Crippen molar-refractivity contribution in [2.45, 2.75) is 45.4 Å². The molecule has 4 unspecified atom stereocenters. The fourth-order valence-corrected chi connectivity index (χ4v) is 3.36. The van der Waals surface area contributed by atoms with E-state index in [2.05, 4.69) is 24.2 Å². The number of hydrogen-bond donors (Lipinski definition) is 2. The number of rotatable bonds is 4. The van der Waals surface area contributed by atoms with E-state index in [4.69, 9.17) is 33.7 Å². The van der Waals surface area contributed by atoms with Gasteiger partial charge in [-0.05, 0) is 44.9 Å². The molecule has 2 rings (SSSR count). The van der Waals surface area contributed by atoms with E-state index in [1.54, 1.807) is 6.07 Å². The molecule has 1 saturated heterocycles. The first kappa shape index (κ1) is 17.4. The van der Waals surface area contributed by atoms with Gasteiger partial charge in [-0.1, -0.05) is 29.3 Å². The van der Waals surface area contributed by atoms with Crippen LogP contribution >= 0.6 is 23.2 Å². The summed E-state index contributed by atoms with van der Waals surface area (Å²) < 4.78 is 5.72. The first-order chi connectivity index (χ1) is 10.4. The highest BCUT2D eigenvalue weighted by Crippen LogP contribution is 2.27. The summed E-state index contributed by atoms with van der Waals surface area (Å²) in [6.07, 6.45) is 1.56. The van der Waals surface area contributed by atoms with Gasteiger partial charge >= 0.3 is 0 Å². The Morgan fingerprint density at radius 1 is 1.45 bits per heavy atom. The van der Waals surface area contributed by atoms with Gasteiger partial charge in [0.2, 0.25) is 0 Å². The number of ether oxygens (including phenoxy) is 1. The molecule has 0 aromatic heterocycles. The average molecular weight is 344 g/mol. The second-order valence-electron chi connectivity index (χ2n) is 5.91. The molecule has 6 heteroatoms. The summed E-state index contributed by atoms with van der Waals surface area (Å²) in [5, 5.41) is 4.40. The maximum atomic E-state index is 6.20. The Hall–Kier alpha value is -0.970. The molecule has 1 aliphatic rings. The fourth-order valence-electron chi connectivity index (χ4n) is 2.79. The number of aliphatic imine (C=N–C) groups is 1. The Labute approximate surface area is 142 Å². The summed E-state index contributed by atoms with van der Waals surface area (Å²) in [7, 11) is 0. The highest BCUT2D eigenvalue weighted by molar-refractivity contribution is 6.35. The van der Waals surface area contributed by atoms with Crippen LogP contribution in [0.15, 0.2) is 23.2 Å². The zero-order valence-corrected chi connectivity index (χ0v) is 14.7. The summed E-state index contributed by atoms with van der Waals surface area (Å²) in [5.41, 5.74) is 6.92. The molecule has 1 aliphatic heterocycles. The summed E-state index contributed by atoms with van der Waals surface area (Å²) in [5.74, 6) is 0.843. The average Bonchev–Trinajstić information content (AvgIpc) is 2.74. The molecule has 3 N–H and O–H groups in total. The number of nitrogens with one attached hydrogen (secondary N) is 1. The third-order valence-corrected chi connectivity index (χ3v) is 4.60. The van der Waals surface area contributed by atoms with Crippen LogP contribution in [0.1, 0.15) is 38.8 Å².